The summed E-state index contributed by atoms with van der Waals surface area (Å²) in [5.41, 5.74) is 2.65. The van der Waals surface area contributed by atoms with Gasteiger partial charge < -0.3 is 0 Å². The molecular formula is C14H21Cl. The number of hydrogen-bond acceptors (Lipinski definition) is 0. The molecule has 0 amide bonds. The fraction of sp³-hybridized carbons (Fsp3) is 0.571. The van der Waals surface area contributed by atoms with Gasteiger partial charge in [-0.25, -0.2) is 0 Å². The van der Waals surface area contributed by atoms with Crippen LogP contribution < -0.4 is 0 Å². The minimum Gasteiger partial charge on any atom is -0.118 e. The maximum Gasteiger partial charge on any atom is 0.0608 e. The smallest absolute Gasteiger partial charge is 0.0608 e. The van der Waals surface area contributed by atoms with Crippen molar-refractivity contribution >= 4 is 11.6 Å². The summed E-state index contributed by atoms with van der Waals surface area (Å²) in [4.78, 5) is 0. The first kappa shape index (κ1) is 12.6. The van der Waals surface area contributed by atoms with Crippen molar-refractivity contribution in [3.05, 3.63) is 35.4 Å². The monoisotopic (exact) mass is 224 g/mol. The van der Waals surface area contributed by atoms with E-state index in [0.717, 1.165) is 0 Å². The van der Waals surface area contributed by atoms with Gasteiger partial charge in [-0.05, 0) is 29.4 Å². The Labute approximate surface area is 98.7 Å². The van der Waals surface area contributed by atoms with Crippen LogP contribution >= 0.6 is 11.6 Å². The quantitative estimate of drug-likeness (QED) is 0.622. The fourth-order valence-electron chi connectivity index (χ4n) is 1.63. The van der Waals surface area contributed by atoms with Gasteiger partial charge in [-0.3, -0.25) is 0 Å². The van der Waals surface area contributed by atoms with Crippen molar-refractivity contribution < 1.29 is 0 Å². The predicted molar refractivity (Wildman–Crippen MR) is 68.6 cm³/mol. The lowest BCUT2D eigenvalue weighted by molar-refractivity contribution is 0.623. The Kier molecular flexibility index (Phi) is 4.66. The average molecular weight is 225 g/mol. The van der Waals surface area contributed by atoms with Crippen LogP contribution in [0.1, 0.15) is 56.5 Å². The first-order chi connectivity index (χ1) is 7.06. The van der Waals surface area contributed by atoms with E-state index in [4.69, 9.17) is 11.6 Å². The van der Waals surface area contributed by atoms with Crippen molar-refractivity contribution in [3.8, 4) is 0 Å². The second kappa shape index (κ2) is 5.55. The second-order valence-corrected chi connectivity index (χ2v) is 5.09. The lowest BCUT2D eigenvalue weighted by atomic mass is 9.95. The van der Waals surface area contributed by atoms with E-state index in [9.17, 15) is 0 Å². The second-order valence-electron chi connectivity index (χ2n) is 4.62. The number of alkyl halides is 1. The third-order valence-corrected chi connectivity index (χ3v) is 3.78. The molecule has 2 unspecified atom stereocenters. The molecule has 0 fully saturated rings. The molecule has 0 aromatic heterocycles. The fourth-order valence-corrected chi connectivity index (χ4v) is 1.77. The number of rotatable bonds is 4. The third-order valence-electron chi connectivity index (χ3n) is 3.02. The summed E-state index contributed by atoms with van der Waals surface area (Å²) < 4.78 is 0. The van der Waals surface area contributed by atoms with Crippen LogP contribution in [-0.2, 0) is 0 Å². The molecule has 2 atom stereocenters. The summed E-state index contributed by atoms with van der Waals surface area (Å²) in [5, 5.41) is 0.135. The normalized spacial score (nSPS) is 15.3. The average Bonchev–Trinajstić information content (AvgIpc) is 2.27. The van der Waals surface area contributed by atoms with Crippen LogP contribution in [0, 0.1) is 5.92 Å². The van der Waals surface area contributed by atoms with Crippen molar-refractivity contribution in [1.82, 2.24) is 0 Å². The molecule has 0 nitrogen and oxygen atoms in total. The summed E-state index contributed by atoms with van der Waals surface area (Å²) >= 11 is 6.31. The lowest BCUT2D eigenvalue weighted by Crippen LogP contribution is -2.00. The van der Waals surface area contributed by atoms with Gasteiger partial charge in [0.25, 0.3) is 0 Å². The van der Waals surface area contributed by atoms with Crippen LogP contribution in [0.3, 0.4) is 0 Å². The maximum absolute atomic E-state index is 6.31. The zero-order chi connectivity index (χ0) is 11.4. The largest absolute Gasteiger partial charge is 0.118 e. The molecular weight excluding hydrogens is 204 g/mol. The van der Waals surface area contributed by atoms with E-state index < -0.39 is 0 Å². The first-order valence-corrected chi connectivity index (χ1v) is 6.23. The molecule has 0 aliphatic carbocycles. The predicted octanol–water partition coefficient (Wildman–Crippen LogP) is 5.14. The molecule has 0 aliphatic rings. The van der Waals surface area contributed by atoms with Crippen LogP contribution in [0.2, 0.25) is 0 Å². The number of hydrogen-bond donors (Lipinski definition) is 0. The highest BCUT2D eigenvalue weighted by molar-refractivity contribution is 6.20. The zero-order valence-electron chi connectivity index (χ0n) is 10.1. The molecule has 0 saturated heterocycles. The summed E-state index contributed by atoms with van der Waals surface area (Å²) in [6.45, 7) is 8.78. The molecule has 0 heterocycles. The molecule has 15 heavy (non-hydrogen) atoms. The van der Waals surface area contributed by atoms with Gasteiger partial charge in [0.05, 0.1) is 5.38 Å². The van der Waals surface area contributed by atoms with Crippen molar-refractivity contribution in [2.45, 2.75) is 45.4 Å². The van der Waals surface area contributed by atoms with E-state index in [0.29, 0.717) is 11.8 Å². The Morgan fingerprint density at radius 3 is 1.87 bits per heavy atom. The standard InChI is InChI=1S/C14H21Cl/c1-5-11(4)12-6-8-13(9-7-12)14(15)10(2)3/h6-11,14H,5H2,1-4H3. The third kappa shape index (κ3) is 3.24. The minimum absolute atomic E-state index is 0.135. The maximum atomic E-state index is 6.31. The van der Waals surface area contributed by atoms with E-state index >= 15 is 0 Å². The topological polar surface area (TPSA) is 0 Å². The Morgan fingerprint density at radius 2 is 1.47 bits per heavy atom. The van der Waals surface area contributed by atoms with Crippen molar-refractivity contribution in [2.75, 3.05) is 0 Å². The van der Waals surface area contributed by atoms with Gasteiger partial charge in [-0.2, -0.15) is 0 Å². The van der Waals surface area contributed by atoms with Crippen LogP contribution in [0.4, 0.5) is 0 Å². The molecule has 1 aromatic carbocycles. The molecule has 0 N–H and O–H groups in total. The Morgan fingerprint density at radius 1 is 1.00 bits per heavy atom. The van der Waals surface area contributed by atoms with E-state index in [2.05, 4.69) is 52.0 Å². The van der Waals surface area contributed by atoms with Crippen molar-refractivity contribution in [1.29, 1.82) is 0 Å². The first-order valence-electron chi connectivity index (χ1n) is 5.80. The molecule has 0 spiro atoms. The van der Waals surface area contributed by atoms with Gasteiger partial charge in [0.1, 0.15) is 0 Å². The molecule has 0 radical (unpaired) electrons. The highest BCUT2D eigenvalue weighted by atomic mass is 35.5. The zero-order valence-corrected chi connectivity index (χ0v) is 10.9. The number of halogens is 1. The lowest BCUT2D eigenvalue weighted by Gasteiger charge is -2.15. The highest BCUT2D eigenvalue weighted by Gasteiger charge is 2.12. The van der Waals surface area contributed by atoms with E-state index in [1.165, 1.54) is 17.5 Å². The van der Waals surface area contributed by atoms with E-state index in [1.807, 2.05) is 0 Å². The van der Waals surface area contributed by atoms with Crippen LogP contribution in [-0.4, -0.2) is 0 Å². The van der Waals surface area contributed by atoms with E-state index in [1.54, 1.807) is 0 Å². The van der Waals surface area contributed by atoms with Gasteiger partial charge in [0.15, 0.2) is 0 Å². The van der Waals surface area contributed by atoms with Crippen molar-refractivity contribution in [3.63, 3.8) is 0 Å². The van der Waals surface area contributed by atoms with Gasteiger partial charge in [-0.1, -0.05) is 52.0 Å². The summed E-state index contributed by atoms with van der Waals surface area (Å²) in [5.74, 6) is 1.13. The van der Waals surface area contributed by atoms with E-state index in [-0.39, 0.29) is 5.38 Å². The van der Waals surface area contributed by atoms with Crippen LogP contribution in [0.15, 0.2) is 24.3 Å². The number of benzene rings is 1. The van der Waals surface area contributed by atoms with Gasteiger partial charge in [-0.15, -0.1) is 11.6 Å². The Bertz CT molecular complexity index is 287. The van der Waals surface area contributed by atoms with Crippen molar-refractivity contribution in [2.24, 2.45) is 5.92 Å². The minimum atomic E-state index is 0.135. The Balaban J connectivity index is 2.80. The molecule has 0 aliphatic heterocycles. The Hall–Kier alpha value is -0.490. The van der Waals surface area contributed by atoms with Crippen LogP contribution in [0.25, 0.3) is 0 Å². The SMILES string of the molecule is CCC(C)c1ccc(C(Cl)C(C)C)cc1. The molecule has 0 saturated carbocycles. The summed E-state index contributed by atoms with van der Waals surface area (Å²) in [6, 6.07) is 8.75. The van der Waals surface area contributed by atoms with Gasteiger partial charge in [0.2, 0.25) is 0 Å². The van der Waals surface area contributed by atoms with Crippen LogP contribution in [0.5, 0.6) is 0 Å². The highest BCUT2D eigenvalue weighted by Crippen LogP contribution is 2.29. The van der Waals surface area contributed by atoms with Gasteiger partial charge >= 0.3 is 0 Å². The molecule has 1 aromatic rings. The summed E-state index contributed by atoms with van der Waals surface area (Å²) in [7, 11) is 0. The molecule has 1 heteroatoms. The molecule has 84 valence electrons. The van der Waals surface area contributed by atoms with Gasteiger partial charge in [0, 0.05) is 0 Å². The molecule has 0 bridgehead atoms. The molecule has 1 rings (SSSR count). The summed E-state index contributed by atoms with van der Waals surface area (Å²) in [6.07, 6.45) is 1.19.